The Morgan fingerprint density at radius 3 is 2.90 bits per heavy atom. The Morgan fingerprint density at radius 2 is 2.25 bits per heavy atom. The highest BCUT2D eigenvalue weighted by Crippen LogP contribution is 2.37. The number of halogens is 2. The van der Waals surface area contributed by atoms with E-state index in [0.717, 1.165) is 11.4 Å². The molecule has 2 rings (SSSR count). The van der Waals surface area contributed by atoms with E-state index in [-0.39, 0.29) is 18.7 Å². The van der Waals surface area contributed by atoms with E-state index in [1.807, 2.05) is 0 Å². The van der Waals surface area contributed by atoms with Gasteiger partial charge in [-0.25, -0.2) is 8.78 Å². The van der Waals surface area contributed by atoms with Crippen molar-refractivity contribution in [3.05, 3.63) is 5.01 Å². The zero-order valence-electron chi connectivity index (χ0n) is 11.7. The molecule has 1 aliphatic carbocycles. The molecule has 1 unspecified atom stereocenters. The molecule has 112 valence electrons. The van der Waals surface area contributed by atoms with Crippen LogP contribution in [0.1, 0.15) is 44.5 Å². The number of rotatable bonds is 4. The lowest BCUT2D eigenvalue weighted by Gasteiger charge is -2.27. The minimum Gasteiger partial charge on any atom is -0.300 e. The molecular formula is C13H19F2N3OS. The van der Waals surface area contributed by atoms with E-state index in [0.29, 0.717) is 23.9 Å². The van der Waals surface area contributed by atoms with E-state index in [1.165, 1.54) is 11.3 Å². The molecule has 1 fully saturated rings. The third kappa shape index (κ3) is 4.19. The van der Waals surface area contributed by atoms with Gasteiger partial charge in [-0.05, 0) is 18.8 Å². The molecule has 1 atom stereocenters. The second-order valence-electron chi connectivity index (χ2n) is 5.74. The molecule has 0 spiro atoms. The van der Waals surface area contributed by atoms with E-state index < -0.39 is 11.8 Å². The van der Waals surface area contributed by atoms with Crippen LogP contribution >= 0.6 is 11.3 Å². The smallest absolute Gasteiger partial charge is 0.248 e. The van der Waals surface area contributed by atoms with Crippen molar-refractivity contribution in [1.29, 1.82) is 0 Å². The molecule has 0 bridgehead atoms. The van der Waals surface area contributed by atoms with Gasteiger partial charge >= 0.3 is 0 Å². The molecule has 1 amide bonds. The Bertz CT molecular complexity index is 476. The molecule has 0 aromatic carbocycles. The number of hydrogen-bond donors (Lipinski definition) is 1. The molecule has 0 saturated heterocycles. The summed E-state index contributed by atoms with van der Waals surface area (Å²) in [6.07, 6.45) is 1.22. The molecule has 7 heteroatoms. The van der Waals surface area contributed by atoms with Crippen LogP contribution in [-0.2, 0) is 11.2 Å². The first-order valence-corrected chi connectivity index (χ1v) is 7.68. The third-order valence-electron chi connectivity index (χ3n) is 3.29. The molecule has 1 N–H and O–H groups in total. The summed E-state index contributed by atoms with van der Waals surface area (Å²) >= 11 is 1.31. The monoisotopic (exact) mass is 303 g/mol. The summed E-state index contributed by atoms with van der Waals surface area (Å²) in [6, 6.07) is 0. The average Bonchev–Trinajstić information content (AvgIpc) is 2.74. The van der Waals surface area contributed by atoms with Crippen molar-refractivity contribution in [2.24, 2.45) is 11.8 Å². The lowest BCUT2D eigenvalue weighted by Crippen LogP contribution is -2.33. The molecule has 1 aromatic heterocycles. The number of nitrogens with zero attached hydrogens (tertiary/aromatic N) is 2. The van der Waals surface area contributed by atoms with Gasteiger partial charge in [0.1, 0.15) is 5.01 Å². The first-order chi connectivity index (χ1) is 9.35. The van der Waals surface area contributed by atoms with Crippen LogP contribution in [-0.4, -0.2) is 22.0 Å². The summed E-state index contributed by atoms with van der Waals surface area (Å²) < 4.78 is 26.6. The lowest BCUT2D eigenvalue weighted by molar-refractivity contribution is -0.127. The minimum atomic E-state index is -2.72. The molecular weight excluding hydrogens is 284 g/mol. The third-order valence-corrected chi connectivity index (χ3v) is 4.15. The van der Waals surface area contributed by atoms with Crippen LogP contribution < -0.4 is 5.32 Å². The highest BCUT2D eigenvalue weighted by Gasteiger charge is 2.39. The fourth-order valence-corrected chi connectivity index (χ4v) is 3.29. The fraction of sp³-hybridized carbons (Fsp3) is 0.769. The second kappa shape index (κ2) is 6.11. The summed E-state index contributed by atoms with van der Waals surface area (Å²) in [4.78, 5) is 12.0. The van der Waals surface area contributed by atoms with E-state index in [4.69, 9.17) is 0 Å². The number of carbonyl (C=O) groups is 1. The van der Waals surface area contributed by atoms with Crippen molar-refractivity contribution in [3.8, 4) is 0 Å². The first-order valence-electron chi connectivity index (χ1n) is 6.87. The zero-order valence-corrected chi connectivity index (χ0v) is 12.5. The molecule has 1 heterocycles. The molecule has 20 heavy (non-hydrogen) atoms. The normalized spacial score (nSPS) is 21.9. The van der Waals surface area contributed by atoms with Crippen molar-refractivity contribution < 1.29 is 13.6 Å². The van der Waals surface area contributed by atoms with Gasteiger partial charge in [-0.3, -0.25) is 4.79 Å². The maximum Gasteiger partial charge on any atom is 0.248 e. The summed E-state index contributed by atoms with van der Waals surface area (Å²) in [7, 11) is 0. The summed E-state index contributed by atoms with van der Waals surface area (Å²) in [5.74, 6) is -3.25. The highest BCUT2D eigenvalue weighted by atomic mass is 32.1. The SMILES string of the molecule is CC(C)Cc1nnc(NC(=O)C2CCCC(F)(F)C2)s1. The van der Waals surface area contributed by atoms with E-state index in [1.54, 1.807) is 0 Å². The van der Waals surface area contributed by atoms with Crippen molar-refractivity contribution in [1.82, 2.24) is 10.2 Å². The fourth-order valence-electron chi connectivity index (χ4n) is 2.34. The molecule has 1 saturated carbocycles. The van der Waals surface area contributed by atoms with Gasteiger partial charge in [0.2, 0.25) is 17.0 Å². The van der Waals surface area contributed by atoms with Gasteiger partial charge in [0, 0.05) is 25.2 Å². The second-order valence-corrected chi connectivity index (χ2v) is 6.80. The minimum absolute atomic E-state index is 0.117. The van der Waals surface area contributed by atoms with E-state index >= 15 is 0 Å². The molecule has 0 radical (unpaired) electrons. The predicted molar refractivity (Wildman–Crippen MR) is 74.0 cm³/mol. The number of carbonyl (C=O) groups excluding carboxylic acids is 1. The van der Waals surface area contributed by atoms with Crippen LogP contribution in [0.15, 0.2) is 0 Å². The zero-order chi connectivity index (χ0) is 14.8. The summed E-state index contributed by atoms with van der Waals surface area (Å²) in [5.41, 5.74) is 0. The van der Waals surface area contributed by atoms with Gasteiger partial charge in [-0.15, -0.1) is 10.2 Å². The van der Waals surface area contributed by atoms with Gasteiger partial charge in [0.05, 0.1) is 0 Å². The van der Waals surface area contributed by atoms with Crippen molar-refractivity contribution >= 4 is 22.4 Å². The van der Waals surface area contributed by atoms with Crippen LogP contribution in [0, 0.1) is 11.8 Å². The summed E-state index contributed by atoms with van der Waals surface area (Å²) in [5, 5.41) is 11.7. The Morgan fingerprint density at radius 1 is 1.50 bits per heavy atom. The lowest BCUT2D eigenvalue weighted by atomic mass is 9.86. The Balaban J connectivity index is 1.92. The number of nitrogens with one attached hydrogen (secondary N) is 1. The van der Waals surface area contributed by atoms with E-state index in [9.17, 15) is 13.6 Å². The average molecular weight is 303 g/mol. The molecule has 0 aliphatic heterocycles. The van der Waals surface area contributed by atoms with Crippen LogP contribution in [0.4, 0.5) is 13.9 Å². The van der Waals surface area contributed by atoms with Crippen LogP contribution in [0.5, 0.6) is 0 Å². The highest BCUT2D eigenvalue weighted by molar-refractivity contribution is 7.15. The molecule has 1 aromatic rings. The first kappa shape index (κ1) is 15.3. The predicted octanol–water partition coefficient (Wildman–Crippen LogP) is 3.50. The number of aromatic nitrogens is 2. The molecule has 4 nitrogen and oxygen atoms in total. The largest absolute Gasteiger partial charge is 0.300 e. The van der Waals surface area contributed by atoms with Crippen LogP contribution in [0.3, 0.4) is 0 Å². The topological polar surface area (TPSA) is 54.9 Å². The van der Waals surface area contributed by atoms with Gasteiger partial charge in [0.15, 0.2) is 0 Å². The van der Waals surface area contributed by atoms with E-state index in [2.05, 4.69) is 29.4 Å². The van der Waals surface area contributed by atoms with Crippen LogP contribution in [0.2, 0.25) is 0 Å². The number of amides is 1. The number of anilines is 1. The Kier molecular flexibility index (Phi) is 4.67. The standard InChI is InChI=1S/C13H19F2N3OS/c1-8(2)6-10-17-18-12(20-10)16-11(19)9-4-3-5-13(14,15)7-9/h8-9H,3-7H2,1-2H3,(H,16,18,19). The number of hydrogen-bond acceptors (Lipinski definition) is 4. The quantitative estimate of drug-likeness (QED) is 0.926. The van der Waals surface area contributed by atoms with Crippen molar-refractivity contribution in [2.75, 3.05) is 5.32 Å². The van der Waals surface area contributed by atoms with Crippen molar-refractivity contribution in [2.45, 2.75) is 51.9 Å². The summed E-state index contributed by atoms with van der Waals surface area (Å²) in [6.45, 7) is 4.15. The van der Waals surface area contributed by atoms with Gasteiger partial charge in [0.25, 0.3) is 0 Å². The maximum absolute atomic E-state index is 13.3. The van der Waals surface area contributed by atoms with Gasteiger partial charge in [-0.1, -0.05) is 25.2 Å². The van der Waals surface area contributed by atoms with Crippen LogP contribution in [0.25, 0.3) is 0 Å². The molecule has 1 aliphatic rings. The van der Waals surface area contributed by atoms with Gasteiger partial charge < -0.3 is 5.32 Å². The Hall–Kier alpha value is -1.11. The van der Waals surface area contributed by atoms with Gasteiger partial charge in [-0.2, -0.15) is 0 Å². The number of alkyl halides is 2. The Labute approximate surface area is 121 Å². The van der Waals surface area contributed by atoms with Crippen molar-refractivity contribution in [3.63, 3.8) is 0 Å². The maximum atomic E-state index is 13.3.